The summed E-state index contributed by atoms with van der Waals surface area (Å²) in [5, 5.41) is 39.3. The van der Waals surface area contributed by atoms with Crippen LogP contribution in [0.4, 0.5) is 0 Å². The summed E-state index contributed by atoms with van der Waals surface area (Å²) < 4.78 is 5.06. The van der Waals surface area contributed by atoms with Gasteiger partial charge in [-0.2, -0.15) is 0 Å². The minimum atomic E-state index is -1.30. The Morgan fingerprint density at radius 3 is 2.23 bits per heavy atom. The minimum absolute atomic E-state index is 0.400. The summed E-state index contributed by atoms with van der Waals surface area (Å²) in [6.45, 7) is -0.400. The molecule has 6 nitrogen and oxygen atoms in total. The maximum Gasteiger partial charge on any atom is 0.137 e. The van der Waals surface area contributed by atoms with Crippen molar-refractivity contribution in [3.05, 3.63) is 0 Å². The number of nitrogens with one attached hydrogen (secondary N) is 1. The Morgan fingerprint density at radius 1 is 1.15 bits per heavy atom. The lowest BCUT2D eigenvalue weighted by Crippen LogP contribution is -2.61. The molecule has 0 aliphatic carbocycles. The van der Waals surface area contributed by atoms with E-state index in [-0.39, 0.29) is 0 Å². The second-order valence-corrected chi connectivity index (χ2v) is 3.04. The van der Waals surface area contributed by atoms with Gasteiger partial charge in [0.1, 0.15) is 30.6 Å². The third-order valence-electron chi connectivity index (χ3n) is 2.18. The Balaban J connectivity index is 2.66. The molecular formula is C7H15NO5. The highest BCUT2D eigenvalue weighted by Crippen LogP contribution is 2.18. The van der Waals surface area contributed by atoms with Gasteiger partial charge < -0.3 is 25.2 Å². The van der Waals surface area contributed by atoms with Crippen LogP contribution in [0.1, 0.15) is 0 Å². The molecule has 1 aliphatic rings. The molecule has 1 heterocycles. The molecule has 1 aliphatic heterocycles. The van der Waals surface area contributed by atoms with Crippen LogP contribution in [0.25, 0.3) is 0 Å². The van der Waals surface area contributed by atoms with Gasteiger partial charge in [0.2, 0.25) is 0 Å². The zero-order chi connectivity index (χ0) is 10.0. The summed E-state index contributed by atoms with van der Waals surface area (Å²) >= 11 is 0. The molecule has 0 aromatic heterocycles. The zero-order valence-corrected chi connectivity index (χ0v) is 7.29. The molecule has 0 spiro atoms. The lowest BCUT2D eigenvalue weighted by molar-refractivity contribution is -0.235. The molecule has 0 saturated carbocycles. The van der Waals surface area contributed by atoms with Crippen LogP contribution in [0.2, 0.25) is 0 Å². The first-order valence-electron chi connectivity index (χ1n) is 4.09. The Bertz CT molecular complexity index is 147. The number of hydrogen-bond donors (Lipinski definition) is 5. The minimum Gasteiger partial charge on any atom is -0.394 e. The largest absolute Gasteiger partial charge is 0.394 e. The molecule has 1 rings (SSSR count). The number of hydrogen-bond acceptors (Lipinski definition) is 6. The number of ether oxygens (including phenoxy) is 1. The SMILES string of the molecule is CNC1OC(CO)[C@@H](O)C(O)[C@H]1O. The molecule has 78 valence electrons. The Hall–Kier alpha value is -0.240. The van der Waals surface area contributed by atoms with Crippen LogP contribution in [0, 0.1) is 0 Å². The first-order chi connectivity index (χ1) is 6.11. The van der Waals surface area contributed by atoms with E-state index in [0.29, 0.717) is 0 Å². The van der Waals surface area contributed by atoms with E-state index >= 15 is 0 Å². The van der Waals surface area contributed by atoms with Crippen LogP contribution in [0.5, 0.6) is 0 Å². The third kappa shape index (κ3) is 1.98. The molecule has 3 unspecified atom stereocenters. The lowest BCUT2D eigenvalue weighted by atomic mass is 9.98. The average Bonchev–Trinajstić information content (AvgIpc) is 2.15. The lowest BCUT2D eigenvalue weighted by Gasteiger charge is -2.39. The van der Waals surface area contributed by atoms with Crippen molar-refractivity contribution in [3.8, 4) is 0 Å². The van der Waals surface area contributed by atoms with Crippen molar-refractivity contribution in [2.24, 2.45) is 0 Å². The molecular weight excluding hydrogens is 178 g/mol. The van der Waals surface area contributed by atoms with Gasteiger partial charge in [0.15, 0.2) is 0 Å². The van der Waals surface area contributed by atoms with Crippen molar-refractivity contribution in [1.29, 1.82) is 0 Å². The molecule has 6 heteroatoms. The fourth-order valence-corrected chi connectivity index (χ4v) is 1.34. The highest BCUT2D eigenvalue weighted by molar-refractivity contribution is 4.90. The smallest absolute Gasteiger partial charge is 0.137 e. The van der Waals surface area contributed by atoms with Crippen molar-refractivity contribution in [3.63, 3.8) is 0 Å². The molecule has 0 aromatic rings. The fourth-order valence-electron chi connectivity index (χ4n) is 1.34. The molecule has 13 heavy (non-hydrogen) atoms. The first-order valence-corrected chi connectivity index (χ1v) is 4.09. The van der Waals surface area contributed by atoms with E-state index < -0.39 is 37.3 Å². The van der Waals surface area contributed by atoms with E-state index in [1.165, 1.54) is 0 Å². The van der Waals surface area contributed by atoms with Crippen molar-refractivity contribution >= 4 is 0 Å². The van der Waals surface area contributed by atoms with Crippen LogP contribution in [-0.2, 0) is 4.74 Å². The summed E-state index contributed by atoms with van der Waals surface area (Å²) in [6, 6.07) is 0. The Labute approximate surface area is 75.8 Å². The molecule has 0 radical (unpaired) electrons. The van der Waals surface area contributed by atoms with E-state index in [2.05, 4.69) is 5.32 Å². The highest BCUT2D eigenvalue weighted by Gasteiger charge is 2.42. The van der Waals surface area contributed by atoms with Crippen LogP contribution in [0.3, 0.4) is 0 Å². The number of likely N-dealkylation sites (N-methyl/N-ethyl adjacent to an activating group) is 1. The van der Waals surface area contributed by atoms with Crippen molar-refractivity contribution in [2.45, 2.75) is 30.6 Å². The zero-order valence-electron chi connectivity index (χ0n) is 7.29. The maximum atomic E-state index is 9.34. The highest BCUT2D eigenvalue weighted by atomic mass is 16.6. The average molecular weight is 193 g/mol. The van der Waals surface area contributed by atoms with Gasteiger partial charge in [0.25, 0.3) is 0 Å². The molecule has 0 aromatic carbocycles. The fraction of sp³-hybridized carbons (Fsp3) is 1.00. The van der Waals surface area contributed by atoms with E-state index in [4.69, 9.17) is 9.84 Å². The monoisotopic (exact) mass is 193 g/mol. The molecule has 1 saturated heterocycles. The van der Waals surface area contributed by atoms with Crippen molar-refractivity contribution in [2.75, 3.05) is 13.7 Å². The molecule has 0 amide bonds. The molecule has 0 bridgehead atoms. The number of aliphatic hydroxyl groups excluding tert-OH is 4. The van der Waals surface area contributed by atoms with E-state index in [0.717, 1.165) is 0 Å². The normalized spacial score (nSPS) is 46.4. The predicted molar refractivity (Wildman–Crippen MR) is 42.8 cm³/mol. The number of aliphatic hydroxyl groups is 4. The first kappa shape index (κ1) is 10.8. The summed E-state index contributed by atoms with van der Waals surface area (Å²) in [4.78, 5) is 0. The van der Waals surface area contributed by atoms with E-state index in [1.807, 2.05) is 0 Å². The second kappa shape index (κ2) is 4.32. The predicted octanol–water partition coefficient (Wildman–Crippen LogP) is -2.99. The molecule has 1 fully saturated rings. The summed E-state index contributed by atoms with van der Waals surface area (Å²) in [5.41, 5.74) is 0. The number of rotatable bonds is 2. The van der Waals surface area contributed by atoms with Gasteiger partial charge >= 0.3 is 0 Å². The summed E-state index contributed by atoms with van der Waals surface area (Å²) in [5.74, 6) is 0. The van der Waals surface area contributed by atoms with E-state index in [9.17, 15) is 15.3 Å². The Morgan fingerprint density at radius 2 is 1.77 bits per heavy atom. The van der Waals surface area contributed by atoms with Crippen LogP contribution in [-0.4, -0.2) is 64.7 Å². The van der Waals surface area contributed by atoms with Gasteiger partial charge in [-0.15, -0.1) is 0 Å². The molecule has 5 atom stereocenters. The van der Waals surface area contributed by atoms with E-state index in [1.54, 1.807) is 7.05 Å². The Kier molecular flexibility index (Phi) is 3.60. The van der Waals surface area contributed by atoms with Crippen molar-refractivity contribution in [1.82, 2.24) is 5.32 Å². The summed E-state index contributed by atoms with van der Waals surface area (Å²) in [6.07, 6.45) is -5.39. The molecule has 5 N–H and O–H groups in total. The van der Waals surface area contributed by atoms with Gasteiger partial charge in [-0.25, -0.2) is 0 Å². The van der Waals surface area contributed by atoms with Crippen LogP contribution < -0.4 is 5.32 Å². The van der Waals surface area contributed by atoms with Gasteiger partial charge in [-0.1, -0.05) is 0 Å². The maximum absolute atomic E-state index is 9.34. The topological polar surface area (TPSA) is 102 Å². The van der Waals surface area contributed by atoms with Gasteiger partial charge in [-0.3, -0.25) is 5.32 Å². The van der Waals surface area contributed by atoms with Crippen LogP contribution >= 0.6 is 0 Å². The van der Waals surface area contributed by atoms with Crippen molar-refractivity contribution < 1.29 is 25.2 Å². The van der Waals surface area contributed by atoms with Gasteiger partial charge in [0, 0.05) is 0 Å². The van der Waals surface area contributed by atoms with Gasteiger partial charge in [0.05, 0.1) is 6.61 Å². The third-order valence-corrected chi connectivity index (χ3v) is 2.18. The van der Waals surface area contributed by atoms with Gasteiger partial charge in [-0.05, 0) is 7.05 Å². The standard InChI is InChI=1S/C7H15NO5/c1-8-7-6(12)5(11)4(10)3(2-9)13-7/h3-12H,2H2,1H3/t3?,4-,5?,6-,7?/m1/s1. The van der Waals surface area contributed by atoms with Crippen LogP contribution in [0.15, 0.2) is 0 Å². The summed E-state index contributed by atoms with van der Waals surface area (Å²) in [7, 11) is 1.55. The quantitative estimate of drug-likeness (QED) is 0.320. The second-order valence-electron chi connectivity index (χ2n) is 3.04.